The van der Waals surface area contributed by atoms with Crippen molar-refractivity contribution in [1.29, 1.82) is 0 Å². The van der Waals surface area contributed by atoms with E-state index >= 15 is 0 Å². The fourth-order valence-electron chi connectivity index (χ4n) is 3.44. The van der Waals surface area contributed by atoms with Crippen LogP contribution in [0.15, 0.2) is 28.7 Å². The molecular weight excluding hydrogens is 411 g/mol. The molecule has 2 saturated heterocycles. The molecule has 2 heterocycles. The van der Waals surface area contributed by atoms with Gasteiger partial charge in [-0.3, -0.25) is 9.69 Å². The van der Waals surface area contributed by atoms with E-state index in [0.29, 0.717) is 10.0 Å². The summed E-state index contributed by atoms with van der Waals surface area (Å²) in [5.41, 5.74) is 0.291. The van der Waals surface area contributed by atoms with Crippen LogP contribution in [0, 0.1) is 5.82 Å². The Labute approximate surface area is 155 Å². The van der Waals surface area contributed by atoms with Crippen molar-refractivity contribution in [3.05, 3.63) is 40.1 Å². The topological polar surface area (TPSA) is 66.5 Å². The van der Waals surface area contributed by atoms with Crippen molar-refractivity contribution in [2.24, 2.45) is 0 Å². The number of nitrogens with zero attached hydrogens (tertiary/aromatic N) is 1. The Bertz CT molecular complexity index is 791. The van der Waals surface area contributed by atoms with Gasteiger partial charge in [-0.15, -0.1) is 0 Å². The van der Waals surface area contributed by atoms with Crippen LogP contribution < -0.4 is 5.32 Å². The molecule has 0 aliphatic carbocycles. The molecule has 0 saturated carbocycles. The maximum Gasteiger partial charge on any atom is 0.244 e. The third-order valence-electron chi connectivity index (χ3n) is 4.63. The molecule has 0 spiro atoms. The third kappa shape index (κ3) is 4.68. The van der Waals surface area contributed by atoms with Crippen molar-refractivity contribution in [1.82, 2.24) is 10.2 Å². The molecule has 2 aliphatic heterocycles. The highest BCUT2D eigenvalue weighted by Gasteiger charge is 2.42. The first kappa shape index (κ1) is 18.5. The first-order valence-corrected chi connectivity index (χ1v) is 10.8. The molecule has 1 aromatic carbocycles. The van der Waals surface area contributed by atoms with Crippen LogP contribution in [0.1, 0.15) is 18.4 Å². The lowest BCUT2D eigenvalue weighted by Gasteiger charge is -2.28. The SMILES string of the molecule is O=C(/C=C/c1cc(Br)ccc1F)NC1CS(=O)(=O)CC1N1CCCC1. The summed E-state index contributed by atoms with van der Waals surface area (Å²) < 4.78 is 38.4. The molecule has 3 rings (SSSR count). The van der Waals surface area contributed by atoms with Gasteiger partial charge in [-0.25, -0.2) is 12.8 Å². The molecule has 8 heteroatoms. The van der Waals surface area contributed by atoms with Crippen LogP contribution in [0.2, 0.25) is 0 Å². The van der Waals surface area contributed by atoms with E-state index < -0.39 is 27.6 Å². The number of benzene rings is 1. The number of carbonyl (C=O) groups excluding carboxylic acids is 1. The van der Waals surface area contributed by atoms with Gasteiger partial charge in [0.05, 0.1) is 17.5 Å². The summed E-state index contributed by atoms with van der Waals surface area (Å²) in [5, 5.41) is 2.79. The Morgan fingerprint density at radius 1 is 1.28 bits per heavy atom. The van der Waals surface area contributed by atoms with Crippen LogP contribution in [0.5, 0.6) is 0 Å². The highest BCUT2D eigenvalue weighted by molar-refractivity contribution is 9.10. The fraction of sp³-hybridized carbons (Fsp3) is 0.471. The van der Waals surface area contributed by atoms with Gasteiger partial charge in [0, 0.05) is 22.2 Å². The van der Waals surface area contributed by atoms with E-state index in [1.807, 2.05) is 0 Å². The van der Waals surface area contributed by atoms with Gasteiger partial charge in [0.25, 0.3) is 0 Å². The molecular formula is C17H20BrFN2O3S. The smallest absolute Gasteiger partial charge is 0.244 e. The van der Waals surface area contributed by atoms with Crippen LogP contribution in [0.3, 0.4) is 0 Å². The molecule has 2 aliphatic rings. The second kappa shape index (κ2) is 7.55. The van der Waals surface area contributed by atoms with Crippen molar-refractivity contribution >= 4 is 37.8 Å². The zero-order valence-corrected chi connectivity index (χ0v) is 16.0. The molecule has 1 amide bonds. The van der Waals surface area contributed by atoms with Gasteiger partial charge < -0.3 is 5.32 Å². The molecule has 1 aromatic rings. The minimum atomic E-state index is -3.15. The van der Waals surface area contributed by atoms with Crippen molar-refractivity contribution in [2.45, 2.75) is 24.9 Å². The van der Waals surface area contributed by atoms with E-state index in [0.717, 1.165) is 25.9 Å². The highest BCUT2D eigenvalue weighted by atomic mass is 79.9. The number of amides is 1. The Kier molecular flexibility index (Phi) is 5.60. The second-order valence-corrected chi connectivity index (χ2v) is 9.57. The molecule has 1 N–H and O–H groups in total. The molecule has 136 valence electrons. The van der Waals surface area contributed by atoms with Gasteiger partial charge in [0.2, 0.25) is 5.91 Å². The number of carbonyl (C=O) groups is 1. The van der Waals surface area contributed by atoms with Crippen molar-refractivity contribution < 1.29 is 17.6 Å². The fourth-order valence-corrected chi connectivity index (χ4v) is 5.77. The van der Waals surface area contributed by atoms with Crippen LogP contribution in [0.25, 0.3) is 6.08 Å². The lowest BCUT2D eigenvalue weighted by Crippen LogP contribution is -2.49. The Morgan fingerprint density at radius 3 is 2.72 bits per heavy atom. The molecule has 2 atom stereocenters. The molecule has 0 bridgehead atoms. The van der Waals surface area contributed by atoms with Crippen LogP contribution in [-0.4, -0.2) is 55.9 Å². The normalized spacial score (nSPS) is 26.3. The van der Waals surface area contributed by atoms with E-state index in [4.69, 9.17) is 0 Å². The van der Waals surface area contributed by atoms with E-state index in [1.54, 1.807) is 12.1 Å². The number of hydrogen-bond donors (Lipinski definition) is 1. The summed E-state index contributed by atoms with van der Waals surface area (Å²) in [4.78, 5) is 14.3. The summed E-state index contributed by atoms with van der Waals surface area (Å²) in [7, 11) is -3.15. The standard InChI is InChI=1S/C17H20BrFN2O3S/c18-13-4-5-14(19)12(9-13)3-6-17(22)20-15-10-25(23,24)11-16(15)21-7-1-2-8-21/h3-6,9,15-16H,1-2,7-8,10-11H2,(H,20,22)/b6-3+. The minimum Gasteiger partial charge on any atom is -0.347 e. The summed E-state index contributed by atoms with van der Waals surface area (Å²) in [6, 6.07) is 3.87. The number of hydrogen-bond acceptors (Lipinski definition) is 4. The van der Waals surface area contributed by atoms with Crippen LogP contribution in [-0.2, 0) is 14.6 Å². The molecule has 25 heavy (non-hydrogen) atoms. The van der Waals surface area contributed by atoms with Crippen LogP contribution in [0.4, 0.5) is 4.39 Å². The quantitative estimate of drug-likeness (QED) is 0.741. The monoisotopic (exact) mass is 430 g/mol. The van der Waals surface area contributed by atoms with Gasteiger partial charge in [-0.1, -0.05) is 15.9 Å². The first-order valence-electron chi connectivity index (χ1n) is 8.22. The zero-order valence-electron chi connectivity index (χ0n) is 13.6. The van der Waals surface area contributed by atoms with Crippen molar-refractivity contribution in [2.75, 3.05) is 24.6 Å². The van der Waals surface area contributed by atoms with Gasteiger partial charge in [0.15, 0.2) is 9.84 Å². The van der Waals surface area contributed by atoms with Gasteiger partial charge >= 0.3 is 0 Å². The molecule has 0 radical (unpaired) electrons. The maximum atomic E-state index is 13.7. The number of rotatable bonds is 4. The maximum absolute atomic E-state index is 13.7. The molecule has 2 unspecified atom stereocenters. The van der Waals surface area contributed by atoms with Crippen LogP contribution >= 0.6 is 15.9 Å². The highest BCUT2D eigenvalue weighted by Crippen LogP contribution is 2.23. The average molecular weight is 431 g/mol. The van der Waals surface area contributed by atoms with Crippen molar-refractivity contribution in [3.63, 3.8) is 0 Å². The predicted octanol–water partition coefficient (Wildman–Crippen LogP) is 1.98. The summed E-state index contributed by atoms with van der Waals surface area (Å²) >= 11 is 3.26. The lowest BCUT2D eigenvalue weighted by atomic mass is 10.1. The minimum absolute atomic E-state index is 0.0427. The predicted molar refractivity (Wildman–Crippen MR) is 98.3 cm³/mol. The third-order valence-corrected chi connectivity index (χ3v) is 6.84. The number of halogens is 2. The summed E-state index contributed by atoms with van der Waals surface area (Å²) in [5.74, 6) is -0.794. The Balaban J connectivity index is 1.68. The summed E-state index contributed by atoms with van der Waals surface area (Å²) in [6.45, 7) is 1.73. The van der Waals surface area contributed by atoms with E-state index in [2.05, 4.69) is 26.1 Å². The zero-order chi connectivity index (χ0) is 18.0. The first-order chi connectivity index (χ1) is 11.8. The Morgan fingerprint density at radius 2 is 2.00 bits per heavy atom. The number of nitrogens with one attached hydrogen (secondary N) is 1. The summed E-state index contributed by atoms with van der Waals surface area (Å²) in [6.07, 6.45) is 4.75. The van der Waals surface area contributed by atoms with Gasteiger partial charge in [-0.05, 0) is 50.2 Å². The molecule has 5 nitrogen and oxygen atoms in total. The average Bonchev–Trinajstić information content (AvgIpc) is 3.15. The Hall–Kier alpha value is -1.25. The van der Waals surface area contributed by atoms with E-state index in [9.17, 15) is 17.6 Å². The van der Waals surface area contributed by atoms with E-state index in [1.165, 1.54) is 18.2 Å². The molecule has 2 fully saturated rings. The second-order valence-electron chi connectivity index (χ2n) is 6.50. The molecule has 0 aromatic heterocycles. The van der Waals surface area contributed by atoms with Crippen molar-refractivity contribution in [3.8, 4) is 0 Å². The number of likely N-dealkylation sites (tertiary alicyclic amines) is 1. The van der Waals surface area contributed by atoms with Gasteiger partial charge in [0.1, 0.15) is 5.82 Å². The number of sulfone groups is 1. The van der Waals surface area contributed by atoms with Gasteiger partial charge in [-0.2, -0.15) is 0 Å². The van der Waals surface area contributed by atoms with E-state index in [-0.39, 0.29) is 17.5 Å². The lowest BCUT2D eigenvalue weighted by molar-refractivity contribution is -0.117. The largest absolute Gasteiger partial charge is 0.347 e.